The second kappa shape index (κ2) is 5.87. The van der Waals surface area contributed by atoms with Crippen molar-refractivity contribution in [3.05, 3.63) is 22.7 Å². The summed E-state index contributed by atoms with van der Waals surface area (Å²) in [6, 6.07) is 5.29. The molecule has 7 heteroatoms. The van der Waals surface area contributed by atoms with Crippen LogP contribution in [0.5, 0.6) is 0 Å². The molecule has 0 spiro atoms. The number of nitrogens with zero attached hydrogens (tertiary/aromatic N) is 1. The van der Waals surface area contributed by atoms with E-state index in [9.17, 15) is 13.5 Å². The number of hydrogen-bond donors (Lipinski definition) is 2. The van der Waals surface area contributed by atoms with Crippen molar-refractivity contribution in [3.8, 4) is 0 Å². The molecule has 116 valence electrons. The minimum absolute atomic E-state index is 0.00539. The van der Waals surface area contributed by atoms with E-state index in [-0.39, 0.29) is 18.7 Å². The fraction of sp³-hybridized carbons (Fsp3) is 0.571. The van der Waals surface area contributed by atoms with Gasteiger partial charge in [0.25, 0.3) is 0 Å². The Bertz CT molecular complexity index is 631. The first-order valence-corrected chi connectivity index (χ1v) is 9.48. The van der Waals surface area contributed by atoms with Crippen LogP contribution in [0, 0.1) is 0 Å². The maximum atomic E-state index is 12.6. The molecule has 21 heavy (non-hydrogen) atoms. The van der Waals surface area contributed by atoms with Gasteiger partial charge in [-0.05, 0) is 43.9 Å². The molecule has 0 amide bonds. The third kappa shape index (κ3) is 3.26. The molecule has 2 N–H and O–H groups in total. The summed E-state index contributed by atoms with van der Waals surface area (Å²) < 4.78 is 28.7. The zero-order valence-corrected chi connectivity index (χ0v) is 14.0. The van der Waals surface area contributed by atoms with Crippen LogP contribution >= 0.6 is 15.9 Å². The van der Waals surface area contributed by atoms with Gasteiger partial charge in [-0.25, -0.2) is 13.1 Å². The molecule has 0 bridgehead atoms. The van der Waals surface area contributed by atoms with Crippen LogP contribution in [-0.2, 0) is 10.0 Å². The lowest BCUT2D eigenvalue weighted by Crippen LogP contribution is -2.34. The topological polar surface area (TPSA) is 69.6 Å². The van der Waals surface area contributed by atoms with Gasteiger partial charge >= 0.3 is 0 Å². The van der Waals surface area contributed by atoms with Crippen LogP contribution in [0.3, 0.4) is 0 Å². The molecule has 1 unspecified atom stereocenters. The third-order valence-corrected chi connectivity index (χ3v) is 6.07. The van der Waals surface area contributed by atoms with E-state index in [0.29, 0.717) is 10.6 Å². The van der Waals surface area contributed by atoms with Crippen LogP contribution in [-0.4, -0.2) is 38.8 Å². The Morgan fingerprint density at radius 2 is 2.10 bits per heavy atom. The summed E-state index contributed by atoms with van der Waals surface area (Å²) in [6.07, 6.45) is 3.67. The van der Waals surface area contributed by atoms with E-state index < -0.39 is 10.0 Å². The summed E-state index contributed by atoms with van der Waals surface area (Å²) in [5.41, 5.74) is 0.675. The number of aliphatic hydroxyl groups excluding tert-OH is 1. The number of benzene rings is 1. The third-order valence-electron chi connectivity index (χ3n) is 4.01. The Kier molecular flexibility index (Phi) is 4.27. The van der Waals surface area contributed by atoms with Crippen molar-refractivity contribution in [2.24, 2.45) is 0 Å². The van der Waals surface area contributed by atoms with Gasteiger partial charge in [0.05, 0.1) is 18.3 Å². The minimum Gasteiger partial charge on any atom is -0.394 e. The molecule has 1 aliphatic heterocycles. The average molecular weight is 375 g/mol. The van der Waals surface area contributed by atoms with Crippen molar-refractivity contribution in [1.29, 1.82) is 0 Å². The monoisotopic (exact) mass is 374 g/mol. The molecule has 1 atom stereocenters. The molecule has 1 heterocycles. The molecule has 0 radical (unpaired) electrons. The Labute approximate surface area is 133 Å². The molecule has 1 aliphatic carbocycles. The standard InChI is InChI=1S/C14H19BrN2O3S/c15-10-3-6-14(21(19,20)16-11-4-5-11)13(8-10)17-7-1-2-12(17)9-18/h3,6,8,11-12,16,18H,1-2,4-5,7,9H2. The van der Waals surface area contributed by atoms with E-state index in [1.54, 1.807) is 12.1 Å². The Hall–Kier alpha value is -0.630. The number of rotatable bonds is 5. The average Bonchev–Trinajstić information content (AvgIpc) is 3.10. The molecular weight excluding hydrogens is 356 g/mol. The van der Waals surface area contributed by atoms with Crippen molar-refractivity contribution in [2.45, 2.75) is 42.7 Å². The van der Waals surface area contributed by atoms with Gasteiger partial charge in [-0.2, -0.15) is 0 Å². The first-order chi connectivity index (χ1) is 10.0. The SMILES string of the molecule is O=S(=O)(NC1CC1)c1ccc(Br)cc1N1CCCC1CO. The molecule has 1 saturated carbocycles. The second-order valence-electron chi connectivity index (χ2n) is 5.68. The number of anilines is 1. The van der Waals surface area contributed by atoms with Crippen molar-refractivity contribution < 1.29 is 13.5 Å². The molecule has 0 aromatic heterocycles. The molecule has 1 aromatic rings. The fourth-order valence-corrected chi connectivity index (χ4v) is 4.62. The maximum absolute atomic E-state index is 12.6. The summed E-state index contributed by atoms with van der Waals surface area (Å²) in [6.45, 7) is 0.815. The minimum atomic E-state index is -3.51. The Morgan fingerprint density at radius 1 is 1.33 bits per heavy atom. The quantitative estimate of drug-likeness (QED) is 0.824. The lowest BCUT2D eigenvalue weighted by molar-refractivity contribution is 0.266. The van der Waals surface area contributed by atoms with Crippen LogP contribution in [0.25, 0.3) is 0 Å². The van der Waals surface area contributed by atoms with Gasteiger partial charge < -0.3 is 10.0 Å². The van der Waals surface area contributed by atoms with Crippen LogP contribution in [0.15, 0.2) is 27.6 Å². The lowest BCUT2D eigenvalue weighted by atomic mass is 10.2. The summed E-state index contributed by atoms with van der Waals surface area (Å²) in [5.74, 6) is 0. The van der Waals surface area contributed by atoms with Gasteiger partial charge in [-0.3, -0.25) is 0 Å². The number of hydrogen-bond acceptors (Lipinski definition) is 4. The number of nitrogens with one attached hydrogen (secondary N) is 1. The first-order valence-electron chi connectivity index (χ1n) is 7.20. The summed E-state index contributed by atoms with van der Waals surface area (Å²) >= 11 is 3.41. The van der Waals surface area contributed by atoms with Crippen molar-refractivity contribution >= 4 is 31.6 Å². The normalized spacial score (nSPS) is 22.8. The largest absolute Gasteiger partial charge is 0.394 e. The highest BCUT2D eigenvalue weighted by atomic mass is 79.9. The van der Waals surface area contributed by atoms with E-state index in [4.69, 9.17) is 0 Å². The first kappa shape index (κ1) is 15.3. The summed E-state index contributed by atoms with van der Waals surface area (Å²) in [4.78, 5) is 2.31. The van der Waals surface area contributed by atoms with Gasteiger partial charge in [0.15, 0.2) is 0 Å². The molecule has 1 saturated heterocycles. The van der Waals surface area contributed by atoms with Gasteiger partial charge in [0.1, 0.15) is 4.90 Å². The van der Waals surface area contributed by atoms with Gasteiger partial charge in [-0.1, -0.05) is 15.9 Å². The Balaban J connectivity index is 2.00. The number of sulfonamides is 1. The molecule has 2 fully saturated rings. The molecule has 2 aliphatic rings. The van der Waals surface area contributed by atoms with Crippen LogP contribution in [0.2, 0.25) is 0 Å². The highest BCUT2D eigenvalue weighted by Gasteiger charge is 2.33. The predicted octanol–water partition coefficient (Wildman–Crippen LogP) is 1.85. The molecule has 1 aromatic carbocycles. The molecule has 3 rings (SSSR count). The number of halogens is 1. The van der Waals surface area contributed by atoms with Crippen molar-refractivity contribution in [3.63, 3.8) is 0 Å². The summed E-state index contributed by atoms with van der Waals surface area (Å²) in [7, 11) is -3.51. The second-order valence-corrected chi connectivity index (χ2v) is 8.28. The smallest absolute Gasteiger partial charge is 0.242 e. The summed E-state index contributed by atoms with van der Waals surface area (Å²) in [5, 5.41) is 9.50. The van der Waals surface area contributed by atoms with Crippen molar-refractivity contribution in [1.82, 2.24) is 4.72 Å². The van der Waals surface area contributed by atoms with E-state index in [0.717, 1.165) is 36.7 Å². The number of aliphatic hydroxyl groups is 1. The zero-order valence-electron chi connectivity index (χ0n) is 11.6. The van der Waals surface area contributed by atoms with E-state index in [2.05, 4.69) is 20.7 Å². The van der Waals surface area contributed by atoms with Crippen molar-refractivity contribution in [2.75, 3.05) is 18.1 Å². The van der Waals surface area contributed by atoms with Gasteiger partial charge in [0.2, 0.25) is 10.0 Å². The fourth-order valence-electron chi connectivity index (χ4n) is 2.77. The predicted molar refractivity (Wildman–Crippen MR) is 84.9 cm³/mol. The van der Waals surface area contributed by atoms with Crippen LogP contribution in [0.1, 0.15) is 25.7 Å². The highest BCUT2D eigenvalue weighted by Crippen LogP contribution is 2.34. The van der Waals surface area contributed by atoms with E-state index >= 15 is 0 Å². The zero-order chi connectivity index (χ0) is 15.0. The molecule has 5 nitrogen and oxygen atoms in total. The lowest BCUT2D eigenvalue weighted by Gasteiger charge is -2.27. The van der Waals surface area contributed by atoms with Gasteiger partial charge in [-0.15, -0.1) is 0 Å². The van der Waals surface area contributed by atoms with E-state index in [1.807, 2.05) is 11.0 Å². The Morgan fingerprint density at radius 3 is 2.76 bits per heavy atom. The van der Waals surface area contributed by atoms with Crippen LogP contribution in [0.4, 0.5) is 5.69 Å². The van der Waals surface area contributed by atoms with Crippen LogP contribution < -0.4 is 9.62 Å². The molecular formula is C14H19BrN2O3S. The van der Waals surface area contributed by atoms with E-state index in [1.165, 1.54) is 0 Å². The van der Waals surface area contributed by atoms with Gasteiger partial charge in [0, 0.05) is 17.1 Å². The highest BCUT2D eigenvalue weighted by molar-refractivity contribution is 9.10. The maximum Gasteiger partial charge on any atom is 0.242 e.